The van der Waals surface area contributed by atoms with Crippen molar-refractivity contribution in [2.45, 2.75) is 12.6 Å². The molecular formula is C14H19ClN4O. The van der Waals surface area contributed by atoms with E-state index in [2.05, 4.69) is 15.7 Å². The Balaban J connectivity index is 0.00000200. The first-order chi connectivity index (χ1) is 9.20. The van der Waals surface area contributed by atoms with Crippen LogP contribution in [0.25, 0.3) is 0 Å². The van der Waals surface area contributed by atoms with Gasteiger partial charge in [-0.15, -0.1) is 12.4 Å². The van der Waals surface area contributed by atoms with Crippen LogP contribution >= 0.6 is 12.4 Å². The fraction of sp³-hybridized carbons (Fsp3) is 0.286. The second-order valence-electron chi connectivity index (χ2n) is 4.37. The lowest BCUT2D eigenvalue weighted by atomic mass is 10.1. The van der Waals surface area contributed by atoms with E-state index in [1.807, 2.05) is 43.6 Å². The molecule has 0 bridgehead atoms. The van der Waals surface area contributed by atoms with Gasteiger partial charge in [0.2, 0.25) is 5.91 Å². The molecular weight excluding hydrogens is 276 g/mol. The van der Waals surface area contributed by atoms with Crippen molar-refractivity contribution in [1.82, 2.24) is 20.4 Å². The first-order valence-corrected chi connectivity index (χ1v) is 6.18. The number of hydrogen-bond acceptors (Lipinski definition) is 3. The summed E-state index contributed by atoms with van der Waals surface area (Å²) in [5.41, 5.74) is 1.94. The zero-order valence-electron chi connectivity index (χ0n) is 11.5. The smallest absolute Gasteiger partial charge is 0.242 e. The maximum Gasteiger partial charge on any atom is 0.242 e. The van der Waals surface area contributed by atoms with Gasteiger partial charge in [-0.05, 0) is 12.6 Å². The van der Waals surface area contributed by atoms with Crippen molar-refractivity contribution in [3.05, 3.63) is 53.9 Å². The molecule has 1 aromatic heterocycles. The fourth-order valence-electron chi connectivity index (χ4n) is 1.93. The van der Waals surface area contributed by atoms with Gasteiger partial charge in [-0.3, -0.25) is 9.48 Å². The summed E-state index contributed by atoms with van der Waals surface area (Å²) in [6.07, 6.45) is 3.53. The van der Waals surface area contributed by atoms with Crippen molar-refractivity contribution in [2.24, 2.45) is 7.05 Å². The van der Waals surface area contributed by atoms with Crippen molar-refractivity contribution in [2.75, 3.05) is 7.05 Å². The molecule has 1 heterocycles. The van der Waals surface area contributed by atoms with Crippen LogP contribution in [0.5, 0.6) is 0 Å². The van der Waals surface area contributed by atoms with Gasteiger partial charge in [0, 0.05) is 25.4 Å². The quantitative estimate of drug-likeness (QED) is 0.877. The number of carbonyl (C=O) groups excluding carboxylic acids is 1. The van der Waals surface area contributed by atoms with Crippen molar-refractivity contribution in [3.63, 3.8) is 0 Å². The monoisotopic (exact) mass is 294 g/mol. The van der Waals surface area contributed by atoms with E-state index in [4.69, 9.17) is 0 Å². The van der Waals surface area contributed by atoms with Crippen LogP contribution in [-0.4, -0.2) is 22.7 Å². The lowest BCUT2D eigenvalue weighted by Crippen LogP contribution is -2.35. The Kier molecular flexibility index (Phi) is 6.21. The summed E-state index contributed by atoms with van der Waals surface area (Å²) in [4.78, 5) is 12.1. The molecule has 0 aliphatic rings. The van der Waals surface area contributed by atoms with E-state index >= 15 is 0 Å². The summed E-state index contributed by atoms with van der Waals surface area (Å²) in [5, 5.41) is 10.0. The van der Waals surface area contributed by atoms with E-state index in [9.17, 15) is 4.79 Å². The molecule has 0 radical (unpaired) electrons. The van der Waals surface area contributed by atoms with Crippen molar-refractivity contribution in [1.29, 1.82) is 0 Å². The Bertz CT molecular complexity index is 541. The molecule has 0 aliphatic heterocycles. The van der Waals surface area contributed by atoms with Crippen LogP contribution in [-0.2, 0) is 18.4 Å². The van der Waals surface area contributed by atoms with Gasteiger partial charge in [-0.1, -0.05) is 30.3 Å². The first kappa shape index (κ1) is 16.2. The van der Waals surface area contributed by atoms with Crippen LogP contribution < -0.4 is 10.6 Å². The summed E-state index contributed by atoms with van der Waals surface area (Å²) >= 11 is 0. The molecule has 1 unspecified atom stereocenters. The van der Waals surface area contributed by atoms with Gasteiger partial charge < -0.3 is 10.6 Å². The number of carbonyl (C=O) groups is 1. The first-order valence-electron chi connectivity index (χ1n) is 6.18. The summed E-state index contributed by atoms with van der Waals surface area (Å²) in [6, 6.07) is 9.46. The molecule has 0 saturated heterocycles. The second kappa shape index (κ2) is 7.67. The summed E-state index contributed by atoms with van der Waals surface area (Å²) < 4.78 is 1.68. The number of aryl methyl sites for hydroxylation is 1. The fourth-order valence-corrected chi connectivity index (χ4v) is 1.93. The van der Waals surface area contributed by atoms with Crippen LogP contribution in [0.1, 0.15) is 17.2 Å². The normalized spacial score (nSPS) is 11.5. The number of nitrogens with zero attached hydrogens (tertiary/aromatic N) is 2. The van der Waals surface area contributed by atoms with Crippen molar-refractivity contribution in [3.8, 4) is 0 Å². The standard InChI is InChI=1S/C14H18N4O.ClH/c1-15-13(12-9-17-18(2)10-12)14(19)16-8-11-6-4-3-5-7-11;/h3-7,9-10,13,15H,8H2,1-2H3,(H,16,19);1H. The minimum atomic E-state index is -0.377. The second-order valence-corrected chi connectivity index (χ2v) is 4.37. The Morgan fingerprint density at radius 1 is 1.35 bits per heavy atom. The maximum absolute atomic E-state index is 12.1. The minimum absolute atomic E-state index is 0. The molecule has 5 nitrogen and oxygen atoms in total. The largest absolute Gasteiger partial charge is 0.350 e. The lowest BCUT2D eigenvalue weighted by Gasteiger charge is -2.14. The van der Waals surface area contributed by atoms with Gasteiger partial charge in [0.1, 0.15) is 6.04 Å². The van der Waals surface area contributed by atoms with E-state index in [1.54, 1.807) is 17.9 Å². The van der Waals surface area contributed by atoms with Gasteiger partial charge in [0.05, 0.1) is 6.20 Å². The molecule has 20 heavy (non-hydrogen) atoms. The predicted octanol–water partition coefficient (Wildman–Crippen LogP) is 1.42. The van der Waals surface area contributed by atoms with E-state index in [0.717, 1.165) is 11.1 Å². The van der Waals surface area contributed by atoms with E-state index in [1.165, 1.54) is 0 Å². The van der Waals surface area contributed by atoms with Crippen LogP contribution in [0.4, 0.5) is 0 Å². The average Bonchev–Trinajstić information content (AvgIpc) is 2.85. The minimum Gasteiger partial charge on any atom is -0.350 e. The molecule has 0 aliphatic carbocycles. The zero-order valence-corrected chi connectivity index (χ0v) is 12.4. The van der Waals surface area contributed by atoms with Crippen LogP contribution in [0.3, 0.4) is 0 Å². The average molecular weight is 295 g/mol. The highest BCUT2D eigenvalue weighted by Crippen LogP contribution is 2.11. The topological polar surface area (TPSA) is 59.0 Å². The molecule has 0 spiro atoms. The molecule has 0 fully saturated rings. The number of halogens is 1. The number of amides is 1. The number of likely N-dealkylation sites (N-methyl/N-ethyl adjacent to an activating group) is 1. The Labute approximate surface area is 124 Å². The zero-order chi connectivity index (χ0) is 13.7. The van der Waals surface area contributed by atoms with Gasteiger partial charge in [0.15, 0.2) is 0 Å². The number of aromatic nitrogens is 2. The van der Waals surface area contributed by atoms with E-state index < -0.39 is 0 Å². The molecule has 1 aromatic carbocycles. The van der Waals surface area contributed by atoms with Crippen LogP contribution in [0.2, 0.25) is 0 Å². The highest BCUT2D eigenvalue weighted by atomic mass is 35.5. The maximum atomic E-state index is 12.1. The molecule has 2 rings (SSSR count). The number of hydrogen-bond donors (Lipinski definition) is 2. The number of rotatable bonds is 5. The lowest BCUT2D eigenvalue weighted by molar-refractivity contribution is -0.123. The molecule has 6 heteroatoms. The van der Waals surface area contributed by atoms with Crippen molar-refractivity contribution < 1.29 is 4.79 Å². The van der Waals surface area contributed by atoms with Crippen LogP contribution in [0.15, 0.2) is 42.7 Å². The molecule has 108 valence electrons. The summed E-state index contributed by atoms with van der Waals surface area (Å²) in [6.45, 7) is 0.526. The van der Waals surface area contributed by atoms with E-state index in [-0.39, 0.29) is 24.4 Å². The number of nitrogens with one attached hydrogen (secondary N) is 2. The van der Waals surface area contributed by atoms with Gasteiger partial charge in [-0.2, -0.15) is 5.10 Å². The van der Waals surface area contributed by atoms with Gasteiger partial charge >= 0.3 is 0 Å². The third kappa shape index (κ3) is 4.08. The molecule has 0 saturated carbocycles. The van der Waals surface area contributed by atoms with Crippen molar-refractivity contribution >= 4 is 18.3 Å². The van der Waals surface area contributed by atoms with Crippen LogP contribution in [0, 0.1) is 0 Å². The van der Waals surface area contributed by atoms with Gasteiger partial charge in [0.25, 0.3) is 0 Å². The highest BCUT2D eigenvalue weighted by Gasteiger charge is 2.19. The molecule has 2 N–H and O–H groups in total. The molecule has 1 atom stereocenters. The Hall–Kier alpha value is -1.85. The predicted molar refractivity (Wildman–Crippen MR) is 80.5 cm³/mol. The van der Waals surface area contributed by atoms with E-state index in [0.29, 0.717) is 6.54 Å². The number of benzene rings is 1. The summed E-state index contributed by atoms with van der Waals surface area (Å²) in [5.74, 6) is -0.0562. The highest BCUT2D eigenvalue weighted by molar-refractivity contribution is 5.85. The third-order valence-corrected chi connectivity index (χ3v) is 2.92. The third-order valence-electron chi connectivity index (χ3n) is 2.92. The SMILES string of the molecule is CNC(C(=O)NCc1ccccc1)c1cnn(C)c1.Cl. The van der Waals surface area contributed by atoms with Gasteiger partial charge in [-0.25, -0.2) is 0 Å². The Morgan fingerprint density at radius 3 is 2.60 bits per heavy atom. The Morgan fingerprint density at radius 2 is 2.05 bits per heavy atom. The summed E-state index contributed by atoms with van der Waals surface area (Å²) in [7, 11) is 3.60. The molecule has 1 amide bonds. The molecule has 2 aromatic rings.